The van der Waals surface area contributed by atoms with Crippen LogP contribution in [0.2, 0.25) is 0 Å². The number of nitrogens with zero attached hydrogens (tertiary/aromatic N) is 1. The van der Waals surface area contributed by atoms with Crippen LogP contribution in [0.4, 0.5) is 0 Å². The lowest BCUT2D eigenvalue weighted by Crippen LogP contribution is -2.25. The molecule has 0 bridgehead atoms. The van der Waals surface area contributed by atoms with Crippen molar-refractivity contribution < 1.29 is 9.84 Å². The van der Waals surface area contributed by atoms with Gasteiger partial charge in [0.05, 0.1) is 6.61 Å². The lowest BCUT2D eigenvalue weighted by atomic mass is 10.0. The van der Waals surface area contributed by atoms with Crippen LogP contribution in [0.1, 0.15) is 37.3 Å². The van der Waals surface area contributed by atoms with E-state index in [0.717, 1.165) is 25.1 Å². The normalized spacial score (nSPS) is 11.8. The van der Waals surface area contributed by atoms with Crippen LogP contribution >= 0.6 is 12.4 Å². The number of benzene rings is 2. The number of aromatic nitrogens is 1. The molecule has 3 rings (SSSR count). The van der Waals surface area contributed by atoms with Crippen molar-refractivity contribution in [3.05, 3.63) is 72.1 Å². The Hall–Kier alpha value is -2.14. The number of ether oxygens (including phenoxy) is 1. The van der Waals surface area contributed by atoms with E-state index in [4.69, 9.17) is 9.84 Å². The lowest BCUT2D eigenvalue weighted by Gasteiger charge is -2.14. The van der Waals surface area contributed by atoms with Crippen LogP contribution in [0, 0.1) is 0 Å². The molecular weight excluding hydrogens is 384 g/mol. The van der Waals surface area contributed by atoms with Gasteiger partial charge in [0.1, 0.15) is 12.4 Å². The second-order valence-electron chi connectivity index (χ2n) is 7.30. The summed E-state index contributed by atoms with van der Waals surface area (Å²) in [6.07, 6.45) is 8.33. The molecule has 0 radical (unpaired) electrons. The summed E-state index contributed by atoms with van der Waals surface area (Å²) in [5.41, 5.74) is 2.60. The molecule has 156 valence electrons. The van der Waals surface area contributed by atoms with Gasteiger partial charge < -0.3 is 15.2 Å². The first-order valence-corrected chi connectivity index (χ1v) is 10.1. The Bertz CT molecular complexity index is 872. The number of aliphatic hydroxyl groups excluding tert-OH is 1. The summed E-state index contributed by atoms with van der Waals surface area (Å²) in [5.74, 6) is 0.841. The molecule has 0 fully saturated rings. The van der Waals surface area contributed by atoms with Gasteiger partial charge in [-0.15, -0.1) is 12.4 Å². The Morgan fingerprint density at radius 2 is 1.93 bits per heavy atom. The molecule has 2 N–H and O–H groups in total. The van der Waals surface area contributed by atoms with Crippen molar-refractivity contribution in [2.45, 2.75) is 45.2 Å². The fraction of sp³-hybridized carbons (Fsp3) is 0.375. The van der Waals surface area contributed by atoms with E-state index < -0.39 is 0 Å². The molecule has 29 heavy (non-hydrogen) atoms. The molecule has 1 atom stereocenters. The van der Waals surface area contributed by atoms with Crippen molar-refractivity contribution in [1.82, 2.24) is 10.3 Å². The Labute approximate surface area is 179 Å². The highest BCUT2D eigenvalue weighted by molar-refractivity contribution is 5.85. The SMILES string of the molecule is C[C@H](CCCCc1cccc(OCCO)c1)NCc1ccc2cnccc2c1.Cl. The third-order valence-electron chi connectivity index (χ3n) is 4.97. The highest BCUT2D eigenvalue weighted by atomic mass is 35.5. The number of hydrogen-bond donors (Lipinski definition) is 2. The number of halogens is 1. The quantitative estimate of drug-likeness (QED) is 0.437. The van der Waals surface area contributed by atoms with Gasteiger partial charge in [-0.1, -0.05) is 30.7 Å². The maximum absolute atomic E-state index is 8.85. The zero-order chi connectivity index (χ0) is 19.6. The summed E-state index contributed by atoms with van der Waals surface area (Å²) in [4.78, 5) is 4.17. The van der Waals surface area contributed by atoms with Crippen molar-refractivity contribution in [3.8, 4) is 5.75 Å². The number of aliphatic hydroxyl groups is 1. The van der Waals surface area contributed by atoms with Crippen LogP contribution < -0.4 is 10.1 Å². The molecule has 5 heteroatoms. The van der Waals surface area contributed by atoms with Crippen LogP contribution in [-0.2, 0) is 13.0 Å². The van der Waals surface area contributed by atoms with Crippen molar-refractivity contribution in [1.29, 1.82) is 0 Å². The van der Waals surface area contributed by atoms with Crippen molar-refractivity contribution >= 4 is 23.2 Å². The van der Waals surface area contributed by atoms with E-state index in [-0.39, 0.29) is 19.0 Å². The molecule has 3 aromatic rings. The molecule has 2 aromatic carbocycles. The predicted molar refractivity (Wildman–Crippen MR) is 122 cm³/mol. The van der Waals surface area contributed by atoms with E-state index in [1.54, 1.807) is 0 Å². The minimum Gasteiger partial charge on any atom is -0.491 e. The number of aryl methyl sites for hydroxylation is 1. The number of nitrogens with one attached hydrogen (secondary N) is 1. The lowest BCUT2D eigenvalue weighted by molar-refractivity contribution is 0.201. The zero-order valence-corrected chi connectivity index (χ0v) is 17.8. The Morgan fingerprint density at radius 3 is 2.79 bits per heavy atom. The third kappa shape index (κ3) is 7.65. The van der Waals surface area contributed by atoms with Crippen LogP contribution in [0.3, 0.4) is 0 Å². The number of hydrogen-bond acceptors (Lipinski definition) is 4. The first-order chi connectivity index (χ1) is 13.7. The topological polar surface area (TPSA) is 54.4 Å². The molecule has 1 aromatic heterocycles. The molecule has 0 amide bonds. The van der Waals surface area contributed by atoms with Crippen molar-refractivity contribution in [2.24, 2.45) is 0 Å². The largest absolute Gasteiger partial charge is 0.491 e. The van der Waals surface area contributed by atoms with Gasteiger partial charge in [0.25, 0.3) is 0 Å². The van der Waals surface area contributed by atoms with Gasteiger partial charge in [-0.2, -0.15) is 0 Å². The van der Waals surface area contributed by atoms with Gasteiger partial charge in [-0.05, 0) is 67.0 Å². The second kappa shape index (κ2) is 12.4. The minimum absolute atomic E-state index is 0. The van der Waals surface area contributed by atoms with E-state index >= 15 is 0 Å². The molecule has 0 unspecified atom stereocenters. The average molecular weight is 415 g/mol. The second-order valence-corrected chi connectivity index (χ2v) is 7.30. The summed E-state index contributed by atoms with van der Waals surface area (Å²) in [6, 6.07) is 17.3. The summed E-state index contributed by atoms with van der Waals surface area (Å²) < 4.78 is 5.48. The molecule has 1 heterocycles. The van der Waals surface area contributed by atoms with E-state index in [2.05, 4.69) is 53.6 Å². The number of pyridine rings is 1. The van der Waals surface area contributed by atoms with Crippen molar-refractivity contribution in [3.63, 3.8) is 0 Å². The van der Waals surface area contributed by atoms with E-state index in [9.17, 15) is 0 Å². The summed E-state index contributed by atoms with van der Waals surface area (Å²) in [5, 5.41) is 14.9. The Kier molecular flexibility index (Phi) is 9.92. The first kappa shape index (κ1) is 23.1. The van der Waals surface area contributed by atoms with Gasteiger partial charge in [0, 0.05) is 30.4 Å². The third-order valence-corrected chi connectivity index (χ3v) is 4.97. The monoisotopic (exact) mass is 414 g/mol. The molecule has 0 saturated heterocycles. The minimum atomic E-state index is 0. The van der Waals surface area contributed by atoms with Gasteiger partial charge in [0.2, 0.25) is 0 Å². The molecule has 0 saturated carbocycles. The fourth-order valence-electron chi connectivity index (χ4n) is 3.37. The Balaban J connectivity index is 0.00000300. The first-order valence-electron chi connectivity index (χ1n) is 10.1. The summed E-state index contributed by atoms with van der Waals surface area (Å²) in [7, 11) is 0. The van der Waals surface area contributed by atoms with Crippen molar-refractivity contribution in [2.75, 3.05) is 13.2 Å². The van der Waals surface area contributed by atoms with Gasteiger partial charge in [0.15, 0.2) is 0 Å². The van der Waals surface area contributed by atoms with E-state index in [1.165, 1.54) is 34.7 Å². The predicted octanol–water partition coefficient (Wildman–Crippen LogP) is 4.92. The molecular formula is C24H31ClN2O2. The maximum Gasteiger partial charge on any atom is 0.119 e. The fourth-order valence-corrected chi connectivity index (χ4v) is 3.37. The van der Waals surface area contributed by atoms with E-state index in [0.29, 0.717) is 12.6 Å². The number of unbranched alkanes of at least 4 members (excludes halogenated alkanes) is 1. The maximum atomic E-state index is 8.85. The van der Waals surface area contributed by atoms with Gasteiger partial charge in [-0.3, -0.25) is 4.98 Å². The standard InChI is InChI=1S/C24H30N2O2.ClH/c1-19(26-17-21-9-10-23-18-25-12-11-22(23)15-21)5-2-3-6-20-7-4-8-24(16-20)28-14-13-27;/h4,7-12,15-16,18-19,26-27H,2-3,5-6,13-14,17H2,1H3;1H/t19-;/m1./s1. The summed E-state index contributed by atoms with van der Waals surface area (Å²) in [6.45, 7) is 3.55. The van der Waals surface area contributed by atoms with Gasteiger partial charge in [-0.25, -0.2) is 0 Å². The van der Waals surface area contributed by atoms with Crippen LogP contribution in [-0.4, -0.2) is 29.3 Å². The van der Waals surface area contributed by atoms with Crippen LogP contribution in [0.15, 0.2) is 60.9 Å². The van der Waals surface area contributed by atoms with Crippen LogP contribution in [0.5, 0.6) is 5.75 Å². The average Bonchev–Trinajstić information content (AvgIpc) is 2.74. The molecule has 0 aliphatic rings. The molecule has 0 aliphatic carbocycles. The number of fused-ring (bicyclic) bond motifs is 1. The highest BCUT2D eigenvalue weighted by Crippen LogP contribution is 2.17. The molecule has 0 spiro atoms. The smallest absolute Gasteiger partial charge is 0.119 e. The van der Waals surface area contributed by atoms with Crippen LogP contribution in [0.25, 0.3) is 10.8 Å². The molecule has 0 aliphatic heterocycles. The zero-order valence-electron chi connectivity index (χ0n) is 17.0. The van der Waals surface area contributed by atoms with Gasteiger partial charge >= 0.3 is 0 Å². The summed E-state index contributed by atoms with van der Waals surface area (Å²) >= 11 is 0. The van der Waals surface area contributed by atoms with E-state index in [1.807, 2.05) is 24.5 Å². The number of rotatable bonds is 11. The Morgan fingerprint density at radius 1 is 1.03 bits per heavy atom. The molecule has 4 nitrogen and oxygen atoms in total. The highest BCUT2D eigenvalue weighted by Gasteiger charge is 2.04.